The van der Waals surface area contributed by atoms with Crippen molar-refractivity contribution in [2.24, 2.45) is 5.92 Å². The molecule has 114 heavy (non-hydrogen) atoms. The summed E-state index contributed by atoms with van der Waals surface area (Å²) in [5.41, 5.74) is 0.791. The first-order valence-corrected chi connectivity index (χ1v) is 52.4. The molecule has 0 aromatic carbocycles. The molecule has 9 heterocycles. The van der Waals surface area contributed by atoms with Gasteiger partial charge in [-0.05, 0) is 145 Å². The molecular formula is C66H97Br3N10O22S13. The molecule has 0 spiro atoms. The molecule has 0 atom stereocenters. The molecule has 48 heteroatoms. The largest absolute Gasteiger partial charge is 0.494 e. The van der Waals surface area contributed by atoms with Crippen molar-refractivity contribution in [3.8, 4) is 5.75 Å². The van der Waals surface area contributed by atoms with Crippen LogP contribution in [0.4, 0.5) is 0 Å². The smallest absolute Gasteiger partial charge is 0.264 e. The maximum Gasteiger partial charge on any atom is 0.264 e. The lowest BCUT2D eigenvalue weighted by Gasteiger charge is -2.32. The summed E-state index contributed by atoms with van der Waals surface area (Å²) in [6.07, 6.45) is 5.43. The van der Waals surface area contributed by atoms with Crippen molar-refractivity contribution in [1.82, 2.24) is 48.3 Å². The normalized spacial score (nSPS) is 14.3. The summed E-state index contributed by atoms with van der Waals surface area (Å²) in [4.78, 5) is 85.4. The van der Waals surface area contributed by atoms with Crippen LogP contribution in [-0.4, -0.2) is 296 Å². The zero-order valence-electron chi connectivity index (χ0n) is 65.4. The fraction of sp³-hybridized carbons (Fsp3) is 0.545. The predicted octanol–water partition coefficient (Wildman–Crippen LogP) is 8.88. The number of sulfone groups is 2. The molecule has 0 unspecified atom stereocenters. The van der Waals surface area contributed by atoms with Gasteiger partial charge >= 0.3 is 0 Å². The molecule has 4 N–H and O–H groups in total. The highest BCUT2D eigenvalue weighted by Gasteiger charge is 2.33. The fourth-order valence-corrected chi connectivity index (χ4v) is 28.6. The Morgan fingerprint density at radius 2 is 0.982 bits per heavy atom. The van der Waals surface area contributed by atoms with E-state index >= 15 is 0 Å². The number of hydrogen-bond donors (Lipinski definition) is 4. The maximum atomic E-state index is 12.5. The summed E-state index contributed by atoms with van der Waals surface area (Å²) in [5, 5.41) is 3.15. The number of thioether (sulfide) groups is 1. The van der Waals surface area contributed by atoms with Gasteiger partial charge < -0.3 is 48.3 Å². The van der Waals surface area contributed by atoms with Gasteiger partial charge in [0.15, 0.2) is 35.4 Å². The molecule has 0 radical (unpaired) electrons. The molecule has 6 aromatic rings. The quantitative estimate of drug-likeness (QED) is 0.0263. The number of likely N-dealkylation sites (tertiary alicyclic amines) is 1. The van der Waals surface area contributed by atoms with Crippen LogP contribution in [0, 0.1) is 5.92 Å². The van der Waals surface area contributed by atoms with Crippen molar-refractivity contribution in [3.63, 3.8) is 0 Å². The molecule has 0 bridgehead atoms. The second-order valence-electron chi connectivity index (χ2n) is 24.8. The summed E-state index contributed by atoms with van der Waals surface area (Å²) in [6.45, 7) is 15.2. The van der Waals surface area contributed by atoms with Gasteiger partial charge in [0.25, 0.3) is 59.6 Å². The number of Topliss-reactive ketones (excluding diaryl/α,β-unsaturated/α-hetero) is 1. The zero-order chi connectivity index (χ0) is 86.0. The van der Waals surface area contributed by atoms with Crippen LogP contribution >= 0.6 is 128 Å². The lowest BCUT2D eigenvalue weighted by atomic mass is 10.0. The highest BCUT2D eigenvalue weighted by atomic mass is 79.9. The molecule has 3 saturated heterocycles. The van der Waals surface area contributed by atoms with Crippen molar-refractivity contribution >= 4 is 223 Å². The highest BCUT2D eigenvalue weighted by molar-refractivity contribution is 9.11. The number of nitrogens with zero attached hydrogens (tertiary/aromatic N) is 6. The number of amides is 5. The van der Waals surface area contributed by atoms with E-state index in [0.29, 0.717) is 120 Å². The molecule has 3 fully saturated rings. The number of piperidine rings is 1. The predicted molar refractivity (Wildman–Crippen MR) is 459 cm³/mol. The zero-order valence-corrected chi connectivity index (χ0v) is 80.7. The van der Waals surface area contributed by atoms with Gasteiger partial charge in [0, 0.05) is 130 Å². The number of methoxy groups -OCH3 is 3. The number of ketones is 1. The van der Waals surface area contributed by atoms with E-state index in [2.05, 4.69) is 71.6 Å². The van der Waals surface area contributed by atoms with Gasteiger partial charge in [0.05, 0.1) is 79.2 Å². The van der Waals surface area contributed by atoms with Gasteiger partial charge in [-0.15, -0.1) is 79.8 Å². The second kappa shape index (κ2) is 47.4. The Morgan fingerprint density at radius 1 is 0.544 bits per heavy atom. The standard InChI is InChI=1S/C12H19BrN2O5S2.C12H17NO5S2.C11H16BrN3O3S2.C11H15BrN2O3S2.C10H15NO3S3.C10H15NO3S2/c1-14-22(17,18)12-9(13)8-10(21-12)11(16)15(4-6-19-2)5-7-20-3;1-3-20(15,16)12-10(17-2)9(8-19-12)11(14)13-4-6-18-7-5-13;1-13-20(17,18)11-8(12)7-9(19-11)10(16)15-5-3-14(2)4-6-15;1-13-19(16,17)11-8(12)7-9(18-11)10(15)14-5-3-2-4-6-14;1-5-17(13,14)8-6-7(9(12)11(2)3)16-10(8)15-4;1-7(2)4-9(12)8-5-10(15-6-8)16(13,14)11-3/h8,14H,4-7H2,1-3H3;8H,3-7H2,1-2H3;7,13H,3-6H2,1-2H3;7,13H,2-6H2,1H3;6H,5H2,1-4H3;5-7,11H,4H2,1-3H3. The number of nitrogens with one attached hydrogen (secondary N) is 4. The summed E-state index contributed by atoms with van der Waals surface area (Å²) in [7, 11) is -5.55. The van der Waals surface area contributed by atoms with E-state index in [1.807, 2.05) is 27.2 Å². The third kappa shape index (κ3) is 29.2. The Labute approximate surface area is 722 Å². The Kier molecular flexibility index (Phi) is 42.6. The van der Waals surface area contributed by atoms with Crippen molar-refractivity contribution < 1.29 is 98.2 Å². The molecule has 6 aromatic heterocycles. The number of rotatable bonds is 28. The Hall–Kier alpha value is -3.81. The van der Waals surface area contributed by atoms with Crippen molar-refractivity contribution in [2.45, 2.75) is 83.5 Å². The van der Waals surface area contributed by atoms with E-state index in [1.165, 1.54) is 81.5 Å². The van der Waals surface area contributed by atoms with Crippen LogP contribution in [0.2, 0.25) is 0 Å². The topological polar surface area (TPSA) is 412 Å². The third-order valence-corrected chi connectivity index (χ3v) is 39.4. The van der Waals surface area contributed by atoms with Crippen molar-refractivity contribution in [3.05, 3.63) is 85.1 Å². The average Bonchev–Trinajstić information content (AvgIpc) is 1.66. The van der Waals surface area contributed by atoms with Crippen LogP contribution in [0.3, 0.4) is 0 Å². The number of thiophene rings is 6. The van der Waals surface area contributed by atoms with Crippen molar-refractivity contribution in [2.75, 3.05) is 180 Å². The van der Waals surface area contributed by atoms with Crippen LogP contribution in [-0.2, 0) is 74.0 Å². The monoisotopic (exact) mass is 2030 g/mol. The lowest BCUT2D eigenvalue weighted by molar-refractivity contribution is 0.0301. The Balaban J connectivity index is 0.000000289. The molecule has 5 amide bonds. The van der Waals surface area contributed by atoms with Gasteiger partial charge in [-0.3, -0.25) is 28.8 Å². The van der Waals surface area contributed by atoms with E-state index in [4.69, 9.17) is 18.9 Å². The summed E-state index contributed by atoms with van der Waals surface area (Å²) in [5.74, 6) is -0.362. The van der Waals surface area contributed by atoms with Gasteiger partial charge in [0.1, 0.15) is 16.8 Å². The van der Waals surface area contributed by atoms with E-state index in [0.717, 1.165) is 102 Å². The molecule has 9 rings (SSSR count). The number of hydrogen-bond acceptors (Lipinski definition) is 30. The van der Waals surface area contributed by atoms with E-state index in [-0.39, 0.29) is 84.4 Å². The van der Waals surface area contributed by atoms with Crippen molar-refractivity contribution in [1.29, 1.82) is 0 Å². The maximum absolute atomic E-state index is 12.5. The van der Waals surface area contributed by atoms with E-state index < -0.39 is 59.8 Å². The third-order valence-electron chi connectivity index (χ3n) is 16.3. The molecule has 0 saturated carbocycles. The molecule has 642 valence electrons. The van der Waals surface area contributed by atoms with E-state index in [9.17, 15) is 79.3 Å². The van der Waals surface area contributed by atoms with Crippen LogP contribution in [0.1, 0.15) is 113 Å². The average molecular weight is 2040 g/mol. The fourth-order valence-electron chi connectivity index (χ4n) is 9.84. The second-order valence-corrected chi connectivity index (χ2v) is 47.5. The van der Waals surface area contributed by atoms with Gasteiger partial charge in [-0.2, -0.15) is 0 Å². The summed E-state index contributed by atoms with van der Waals surface area (Å²) >= 11 is 17.2. The number of likely N-dealkylation sites (N-methyl/N-ethyl adjacent to an activating group) is 1. The minimum absolute atomic E-state index is 0.0104. The van der Waals surface area contributed by atoms with Crippen LogP contribution in [0.25, 0.3) is 0 Å². The Bertz CT molecular complexity index is 4940. The Morgan fingerprint density at radius 3 is 1.40 bits per heavy atom. The number of piperazine rings is 1. The molecular weight excluding hydrogens is 1940 g/mol. The molecule has 3 aliphatic heterocycles. The van der Waals surface area contributed by atoms with Crippen LogP contribution in [0.5, 0.6) is 5.75 Å². The number of morpholine rings is 1. The highest BCUT2D eigenvalue weighted by Crippen LogP contribution is 2.39. The van der Waals surface area contributed by atoms with Gasteiger partial charge in [-0.25, -0.2) is 69.4 Å². The van der Waals surface area contributed by atoms with Crippen LogP contribution < -0.4 is 23.6 Å². The molecule has 0 aliphatic carbocycles. The summed E-state index contributed by atoms with van der Waals surface area (Å²) < 4.78 is 173. The number of carbonyl (C=O) groups excluding carboxylic acids is 6. The van der Waals surface area contributed by atoms with Gasteiger partial charge in [0.2, 0.25) is 10.0 Å². The first-order chi connectivity index (χ1) is 53.4. The first kappa shape index (κ1) is 103. The molecule has 3 aliphatic rings. The lowest BCUT2D eigenvalue weighted by Crippen LogP contribution is -2.46. The van der Waals surface area contributed by atoms with E-state index in [1.54, 1.807) is 84.7 Å². The van der Waals surface area contributed by atoms with Crippen LogP contribution in [0.15, 0.2) is 84.7 Å². The summed E-state index contributed by atoms with van der Waals surface area (Å²) in [6, 6.07) is 7.60. The number of halogens is 3. The number of ether oxygens (including phenoxy) is 4. The SMILES string of the molecule is CCS(=O)(=O)c1cc(C(=O)N(C)C)sc1SC.CCS(=O)(=O)c1scc(C(=O)N2CCOCC2)c1OC.CNS(=O)(=O)c1cc(C(=O)CC(C)C)cs1.CNS(=O)(=O)c1sc(C(=O)N(CCOC)CCOC)cc1Br.CNS(=O)(=O)c1sc(C(=O)N2CCCCC2)cc1Br.CNS(=O)(=O)c1sc(C(=O)N2CCN(C)CC2)cc1Br. The number of sulfonamides is 4. The number of carbonyl (C=O) groups is 6. The van der Waals surface area contributed by atoms with Gasteiger partial charge in [-0.1, -0.05) is 27.7 Å². The minimum atomic E-state index is -3.60. The molecule has 32 nitrogen and oxygen atoms in total. The minimum Gasteiger partial charge on any atom is -0.494 e. The first-order valence-electron chi connectivity index (χ1n) is 34.5.